The largest absolute Gasteiger partial charge is 0.497 e. The summed E-state index contributed by atoms with van der Waals surface area (Å²) in [5, 5.41) is 12.7. The number of fused-ring (bicyclic) bond motifs is 15. The van der Waals surface area contributed by atoms with E-state index in [1.165, 1.54) is 65.2 Å². The molecule has 5 aromatic heterocycles. The fraction of sp³-hybridized carbons (Fsp3) is 0.0127. The SMILES string of the molecule is COc1ccc(-c2cccc(-c3nc(-c4cc(-n5c6ccccc6c6ccc(-n7c8ccccc8c8ccccc87)cc65)cc(-n5c6ccccc6c6ccc(-n7c8ccccc8c8ccccc87)cc65)c4)c4ccc5ccccc5c4n3)c2)cc1. The van der Waals surface area contributed by atoms with E-state index in [-0.39, 0.29) is 0 Å². The van der Waals surface area contributed by atoms with Crippen LogP contribution in [-0.2, 0) is 0 Å². The molecule has 18 aromatic rings. The maximum absolute atomic E-state index is 5.76. The van der Waals surface area contributed by atoms with Crippen LogP contribution >= 0.6 is 0 Å². The van der Waals surface area contributed by atoms with Crippen molar-refractivity contribution in [2.75, 3.05) is 7.11 Å². The van der Waals surface area contributed by atoms with E-state index >= 15 is 0 Å². The number of methoxy groups -OCH3 is 1. The summed E-state index contributed by atoms with van der Waals surface area (Å²) in [6, 6.07) is 104. The molecule has 0 bridgehead atoms. The molecule has 13 aromatic carbocycles. The number of para-hydroxylation sites is 6. The Labute approximate surface area is 493 Å². The standard InChI is InChI=1S/C79H50N6O/c1-86-58-38-33-49(34-39-58)51-18-16-19-52(43-51)79-80-77(68-40-35-50-17-2-3-20-59(50)78(68)81-79)53-44-56(84-73-31-14-8-25-64(73)66-41-36-54(47-75(66)84)82-69-27-10-4-21-60(69)61-22-5-11-28-70(61)82)46-57(45-53)85-74-32-15-9-26-65(74)67-42-37-55(48-76(67)85)83-71-29-12-6-23-62(71)63-24-7-13-30-72(63)83/h2-48H,1H3. The van der Waals surface area contributed by atoms with Gasteiger partial charge in [0.25, 0.3) is 0 Å². The molecule has 7 heteroatoms. The maximum atomic E-state index is 5.76. The van der Waals surface area contributed by atoms with Crippen LogP contribution in [0.5, 0.6) is 5.75 Å². The minimum atomic E-state index is 0.645. The molecule has 0 spiro atoms. The quantitative estimate of drug-likeness (QED) is 0.143. The van der Waals surface area contributed by atoms with Gasteiger partial charge < -0.3 is 23.0 Å². The first-order valence-corrected chi connectivity index (χ1v) is 29.2. The van der Waals surface area contributed by atoms with Crippen molar-refractivity contribution < 1.29 is 4.74 Å². The van der Waals surface area contributed by atoms with Crippen molar-refractivity contribution in [1.82, 2.24) is 28.2 Å². The van der Waals surface area contributed by atoms with Gasteiger partial charge in [0.2, 0.25) is 0 Å². The van der Waals surface area contributed by atoms with Crippen LogP contribution in [0, 0.1) is 0 Å². The summed E-state index contributed by atoms with van der Waals surface area (Å²) >= 11 is 0. The summed E-state index contributed by atoms with van der Waals surface area (Å²) in [7, 11) is 1.70. The molecule has 0 amide bonds. The highest BCUT2D eigenvalue weighted by atomic mass is 16.5. The number of hydrogen-bond acceptors (Lipinski definition) is 3. The van der Waals surface area contributed by atoms with Crippen LogP contribution in [-0.4, -0.2) is 35.3 Å². The summed E-state index contributed by atoms with van der Waals surface area (Å²) in [5.41, 5.74) is 19.0. The molecule has 0 aliphatic carbocycles. The molecule has 86 heavy (non-hydrogen) atoms. The Balaban J connectivity index is 0.945. The van der Waals surface area contributed by atoms with Crippen LogP contribution in [0.3, 0.4) is 0 Å². The van der Waals surface area contributed by atoms with Gasteiger partial charge in [0, 0.05) is 87.7 Å². The molecule has 0 saturated carbocycles. The van der Waals surface area contributed by atoms with Crippen molar-refractivity contribution in [3.8, 4) is 62.3 Å². The van der Waals surface area contributed by atoms with Crippen LogP contribution < -0.4 is 4.74 Å². The molecule has 5 heterocycles. The van der Waals surface area contributed by atoms with E-state index in [1.807, 2.05) is 12.1 Å². The van der Waals surface area contributed by atoms with Crippen LogP contribution in [0.1, 0.15) is 0 Å². The van der Waals surface area contributed by atoms with Crippen LogP contribution in [0.15, 0.2) is 285 Å². The second kappa shape index (κ2) is 18.7. The van der Waals surface area contributed by atoms with Gasteiger partial charge >= 0.3 is 0 Å². The Morgan fingerprint density at radius 2 is 0.663 bits per heavy atom. The molecular formula is C79H50N6O. The van der Waals surface area contributed by atoms with Gasteiger partial charge in [-0.15, -0.1) is 0 Å². The first-order chi connectivity index (χ1) is 42.6. The lowest BCUT2D eigenvalue weighted by Gasteiger charge is -2.18. The van der Waals surface area contributed by atoms with E-state index in [9.17, 15) is 0 Å². The molecule has 0 N–H and O–H groups in total. The van der Waals surface area contributed by atoms with Crippen molar-refractivity contribution in [1.29, 1.82) is 0 Å². The van der Waals surface area contributed by atoms with Crippen LogP contribution in [0.25, 0.3) is 165 Å². The zero-order valence-electron chi connectivity index (χ0n) is 46.7. The van der Waals surface area contributed by atoms with Gasteiger partial charge in [0.15, 0.2) is 5.82 Å². The summed E-state index contributed by atoms with van der Waals surface area (Å²) in [6.07, 6.45) is 0. The number of ether oxygens (including phenoxy) is 1. The molecule has 0 radical (unpaired) electrons. The zero-order valence-corrected chi connectivity index (χ0v) is 46.7. The maximum Gasteiger partial charge on any atom is 0.160 e. The third-order valence-electron chi connectivity index (χ3n) is 17.8. The lowest BCUT2D eigenvalue weighted by molar-refractivity contribution is 0.415. The molecule has 0 atom stereocenters. The average molecular weight is 1100 g/mol. The Morgan fingerprint density at radius 1 is 0.256 bits per heavy atom. The molecule has 402 valence electrons. The average Bonchev–Trinajstić information content (AvgIpc) is 2.17. The highest BCUT2D eigenvalue weighted by molar-refractivity contribution is 6.15. The van der Waals surface area contributed by atoms with E-state index in [1.54, 1.807) is 7.11 Å². The Bertz CT molecular complexity index is 5480. The molecule has 0 saturated heterocycles. The second-order valence-electron chi connectivity index (χ2n) is 22.5. The lowest BCUT2D eigenvalue weighted by atomic mass is 9.99. The van der Waals surface area contributed by atoms with Gasteiger partial charge in [-0.2, -0.15) is 0 Å². The predicted octanol–water partition coefficient (Wildman–Crippen LogP) is 20.2. The minimum Gasteiger partial charge on any atom is -0.497 e. The molecule has 7 nitrogen and oxygen atoms in total. The first kappa shape index (κ1) is 48.0. The van der Waals surface area contributed by atoms with Gasteiger partial charge in [-0.1, -0.05) is 182 Å². The van der Waals surface area contributed by atoms with Gasteiger partial charge in [-0.05, 0) is 120 Å². The van der Waals surface area contributed by atoms with Crippen LogP contribution in [0.2, 0.25) is 0 Å². The Kier molecular flexibility index (Phi) is 10.5. The zero-order chi connectivity index (χ0) is 56.6. The van der Waals surface area contributed by atoms with Gasteiger partial charge in [-0.25, -0.2) is 9.97 Å². The van der Waals surface area contributed by atoms with Gasteiger partial charge in [0.05, 0.1) is 62.5 Å². The van der Waals surface area contributed by atoms with Crippen molar-refractivity contribution in [3.63, 3.8) is 0 Å². The smallest absolute Gasteiger partial charge is 0.160 e. The van der Waals surface area contributed by atoms with Crippen LogP contribution in [0.4, 0.5) is 0 Å². The van der Waals surface area contributed by atoms with Gasteiger partial charge in [-0.3, -0.25) is 0 Å². The number of rotatable bonds is 8. The van der Waals surface area contributed by atoms with E-state index in [2.05, 4.69) is 291 Å². The summed E-state index contributed by atoms with van der Waals surface area (Å²) in [6.45, 7) is 0. The third-order valence-corrected chi connectivity index (χ3v) is 17.8. The number of nitrogens with zero attached hydrogens (tertiary/aromatic N) is 6. The summed E-state index contributed by atoms with van der Waals surface area (Å²) in [5.74, 6) is 1.46. The van der Waals surface area contributed by atoms with E-state index < -0.39 is 0 Å². The second-order valence-corrected chi connectivity index (χ2v) is 22.5. The normalized spacial score (nSPS) is 12.0. The molecule has 18 rings (SSSR count). The minimum absolute atomic E-state index is 0.645. The summed E-state index contributed by atoms with van der Waals surface area (Å²) < 4.78 is 15.3. The number of benzene rings is 13. The molecular weight excluding hydrogens is 1050 g/mol. The van der Waals surface area contributed by atoms with E-state index in [4.69, 9.17) is 14.7 Å². The monoisotopic (exact) mass is 1100 g/mol. The summed E-state index contributed by atoms with van der Waals surface area (Å²) in [4.78, 5) is 11.3. The van der Waals surface area contributed by atoms with Crippen molar-refractivity contribution in [2.24, 2.45) is 0 Å². The van der Waals surface area contributed by atoms with Gasteiger partial charge in [0.1, 0.15) is 5.75 Å². The topological polar surface area (TPSA) is 54.7 Å². The van der Waals surface area contributed by atoms with Crippen molar-refractivity contribution in [2.45, 2.75) is 0 Å². The Morgan fingerprint density at radius 3 is 1.14 bits per heavy atom. The first-order valence-electron chi connectivity index (χ1n) is 29.2. The molecule has 0 aliphatic rings. The van der Waals surface area contributed by atoms with E-state index in [0.717, 1.165) is 100 Å². The van der Waals surface area contributed by atoms with Crippen molar-refractivity contribution in [3.05, 3.63) is 285 Å². The Hall–Kier alpha value is -11.5. The number of hydrogen-bond donors (Lipinski definition) is 0. The lowest BCUT2D eigenvalue weighted by Crippen LogP contribution is -2.02. The fourth-order valence-corrected chi connectivity index (χ4v) is 14.0. The highest BCUT2D eigenvalue weighted by Crippen LogP contribution is 2.43. The third kappa shape index (κ3) is 7.22. The molecule has 0 unspecified atom stereocenters. The fourth-order valence-electron chi connectivity index (χ4n) is 14.0. The predicted molar refractivity (Wildman–Crippen MR) is 357 cm³/mol. The number of aromatic nitrogens is 6. The highest BCUT2D eigenvalue weighted by Gasteiger charge is 2.23. The molecule has 0 fully saturated rings. The molecule has 0 aliphatic heterocycles. The van der Waals surface area contributed by atoms with E-state index in [0.29, 0.717) is 5.82 Å². The van der Waals surface area contributed by atoms with Crippen molar-refractivity contribution >= 4 is 109 Å².